The fourth-order valence-electron chi connectivity index (χ4n) is 2.64. The van der Waals surface area contributed by atoms with E-state index in [4.69, 9.17) is 23.2 Å². The zero-order valence-electron chi connectivity index (χ0n) is 12.3. The number of halogens is 2. The summed E-state index contributed by atoms with van der Waals surface area (Å²) in [5.74, 6) is -0.985. The first-order valence-electron chi connectivity index (χ1n) is 6.85. The van der Waals surface area contributed by atoms with Crippen LogP contribution in [0.25, 0.3) is 0 Å². The molecule has 0 spiro atoms. The molecular formula is C16H10Cl2N2O4. The molecule has 1 heterocycles. The molecule has 0 saturated heterocycles. The average molecular weight is 365 g/mol. The van der Waals surface area contributed by atoms with E-state index in [-0.39, 0.29) is 21.3 Å². The minimum absolute atomic E-state index is 0.124. The van der Waals surface area contributed by atoms with Crippen molar-refractivity contribution >= 4 is 46.3 Å². The zero-order valence-corrected chi connectivity index (χ0v) is 13.8. The van der Waals surface area contributed by atoms with E-state index in [1.54, 1.807) is 0 Å². The lowest BCUT2D eigenvalue weighted by Gasteiger charge is -2.33. The Hall–Kier alpha value is -2.44. The number of nitro groups is 1. The molecule has 1 aliphatic rings. The van der Waals surface area contributed by atoms with Gasteiger partial charge in [0.05, 0.1) is 20.7 Å². The molecule has 0 radical (unpaired) electrons. The van der Waals surface area contributed by atoms with Gasteiger partial charge < -0.3 is 5.32 Å². The molecule has 122 valence electrons. The predicted molar refractivity (Wildman–Crippen MR) is 89.9 cm³/mol. The summed E-state index contributed by atoms with van der Waals surface area (Å²) >= 11 is 11.9. The van der Waals surface area contributed by atoms with Crippen LogP contribution in [0.15, 0.2) is 36.4 Å². The molecule has 2 aromatic rings. The number of hydrogen-bond acceptors (Lipinski definition) is 4. The van der Waals surface area contributed by atoms with Gasteiger partial charge in [0.1, 0.15) is 5.41 Å². The summed E-state index contributed by atoms with van der Waals surface area (Å²) in [7, 11) is 0. The van der Waals surface area contributed by atoms with Crippen molar-refractivity contribution in [3.05, 3.63) is 67.7 Å². The minimum atomic E-state index is -1.51. The lowest BCUT2D eigenvalue weighted by molar-refractivity contribution is -0.384. The normalized spacial score (nSPS) is 19.6. The SMILES string of the molecule is CC1(c2ccc([N+](=O)[O-])cc2)C(=O)Nc2cc(Cl)c(Cl)cc2C1=O. The summed E-state index contributed by atoms with van der Waals surface area (Å²) in [6.07, 6.45) is 0. The summed E-state index contributed by atoms with van der Waals surface area (Å²) in [4.78, 5) is 35.7. The van der Waals surface area contributed by atoms with Crippen LogP contribution >= 0.6 is 23.2 Å². The molecule has 0 fully saturated rings. The van der Waals surface area contributed by atoms with Crippen LogP contribution in [-0.2, 0) is 10.2 Å². The maximum absolute atomic E-state index is 12.9. The maximum atomic E-state index is 12.9. The Balaban J connectivity index is 2.13. The van der Waals surface area contributed by atoms with Gasteiger partial charge >= 0.3 is 0 Å². The van der Waals surface area contributed by atoms with E-state index in [0.717, 1.165) is 0 Å². The van der Waals surface area contributed by atoms with Gasteiger partial charge in [0, 0.05) is 17.7 Å². The van der Waals surface area contributed by atoms with E-state index in [1.165, 1.54) is 43.3 Å². The van der Waals surface area contributed by atoms with Crippen molar-refractivity contribution in [3.63, 3.8) is 0 Å². The molecule has 3 rings (SSSR count). The van der Waals surface area contributed by atoms with Gasteiger partial charge in [-0.05, 0) is 24.6 Å². The lowest BCUT2D eigenvalue weighted by atomic mass is 9.73. The molecule has 0 aromatic heterocycles. The third-order valence-electron chi connectivity index (χ3n) is 4.12. The molecule has 8 heteroatoms. The molecule has 24 heavy (non-hydrogen) atoms. The fraction of sp³-hybridized carbons (Fsp3) is 0.125. The molecule has 2 aromatic carbocycles. The summed E-state index contributed by atoms with van der Waals surface area (Å²) in [6.45, 7) is 1.47. The second-order valence-electron chi connectivity index (χ2n) is 5.52. The van der Waals surface area contributed by atoms with Crippen molar-refractivity contribution in [1.29, 1.82) is 0 Å². The van der Waals surface area contributed by atoms with Crippen LogP contribution in [0.5, 0.6) is 0 Å². The van der Waals surface area contributed by atoms with Gasteiger partial charge in [0.15, 0.2) is 5.78 Å². The summed E-state index contributed by atoms with van der Waals surface area (Å²) < 4.78 is 0. The maximum Gasteiger partial charge on any atom is 0.269 e. The van der Waals surface area contributed by atoms with E-state index in [2.05, 4.69) is 5.32 Å². The quantitative estimate of drug-likeness (QED) is 0.495. The number of amides is 1. The molecule has 0 aliphatic carbocycles. The van der Waals surface area contributed by atoms with Crippen molar-refractivity contribution in [2.75, 3.05) is 5.32 Å². The van der Waals surface area contributed by atoms with E-state index in [0.29, 0.717) is 11.3 Å². The van der Waals surface area contributed by atoms with E-state index in [9.17, 15) is 19.7 Å². The number of hydrogen-bond donors (Lipinski definition) is 1. The number of fused-ring (bicyclic) bond motifs is 1. The Morgan fingerprint density at radius 2 is 1.67 bits per heavy atom. The Morgan fingerprint density at radius 1 is 1.08 bits per heavy atom. The number of carbonyl (C=O) groups is 2. The first-order chi connectivity index (χ1) is 11.2. The van der Waals surface area contributed by atoms with Crippen LogP contribution in [0.4, 0.5) is 11.4 Å². The van der Waals surface area contributed by atoms with E-state index < -0.39 is 22.0 Å². The highest BCUT2D eigenvalue weighted by Crippen LogP contribution is 2.40. The highest BCUT2D eigenvalue weighted by Gasteiger charge is 2.47. The number of nitrogens with zero attached hydrogens (tertiary/aromatic N) is 1. The lowest BCUT2D eigenvalue weighted by Crippen LogP contribution is -2.48. The summed E-state index contributed by atoms with van der Waals surface area (Å²) in [6, 6.07) is 8.14. The zero-order chi connectivity index (χ0) is 17.6. The van der Waals surface area contributed by atoms with Crippen LogP contribution in [0.1, 0.15) is 22.8 Å². The summed E-state index contributed by atoms with van der Waals surface area (Å²) in [5.41, 5.74) is -0.753. The second-order valence-corrected chi connectivity index (χ2v) is 6.34. The molecule has 6 nitrogen and oxygen atoms in total. The molecule has 1 aliphatic heterocycles. The fourth-order valence-corrected chi connectivity index (χ4v) is 2.96. The molecule has 1 atom stereocenters. The largest absolute Gasteiger partial charge is 0.324 e. The third kappa shape index (κ3) is 2.35. The van der Waals surface area contributed by atoms with Crippen molar-refractivity contribution in [2.24, 2.45) is 0 Å². The Labute approximate surface area is 146 Å². The average Bonchev–Trinajstić information content (AvgIpc) is 2.55. The molecular weight excluding hydrogens is 355 g/mol. The number of rotatable bonds is 2. The Kier molecular flexibility index (Phi) is 3.81. The van der Waals surface area contributed by atoms with Crippen molar-refractivity contribution in [3.8, 4) is 0 Å². The van der Waals surface area contributed by atoms with Crippen LogP contribution in [0, 0.1) is 10.1 Å². The standard InChI is InChI=1S/C16H10Cl2N2O4/c1-16(8-2-4-9(5-3-8)20(23)24)14(21)10-6-11(17)12(18)7-13(10)19-15(16)22/h2-7H,1H3,(H,19,22). The number of benzene rings is 2. The molecule has 1 unspecified atom stereocenters. The minimum Gasteiger partial charge on any atom is -0.324 e. The number of nitrogens with one attached hydrogen (secondary N) is 1. The number of carbonyl (C=O) groups excluding carboxylic acids is 2. The van der Waals surface area contributed by atoms with E-state index in [1.807, 2.05) is 0 Å². The van der Waals surface area contributed by atoms with Gasteiger partial charge in [0.2, 0.25) is 5.91 Å². The number of Topliss-reactive ketones (excluding diaryl/α,β-unsaturated/α-hetero) is 1. The molecule has 1 N–H and O–H groups in total. The Bertz CT molecular complexity index is 896. The van der Waals surface area contributed by atoms with Crippen LogP contribution < -0.4 is 5.32 Å². The van der Waals surface area contributed by atoms with Crippen LogP contribution in [-0.4, -0.2) is 16.6 Å². The monoisotopic (exact) mass is 364 g/mol. The van der Waals surface area contributed by atoms with Crippen molar-refractivity contribution in [1.82, 2.24) is 0 Å². The van der Waals surface area contributed by atoms with Gasteiger partial charge in [-0.15, -0.1) is 0 Å². The van der Waals surface area contributed by atoms with Crippen molar-refractivity contribution < 1.29 is 14.5 Å². The van der Waals surface area contributed by atoms with Gasteiger partial charge in [0.25, 0.3) is 5.69 Å². The summed E-state index contributed by atoms with van der Waals surface area (Å²) in [5, 5.41) is 13.8. The smallest absolute Gasteiger partial charge is 0.269 e. The Morgan fingerprint density at radius 3 is 2.25 bits per heavy atom. The van der Waals surface area contributed by atoms with Gasteiger partial charge in [-0.1, -0.05) is 35.3 Å². The van der Waals surface area contributed by atoms with Crippen LogP contribution in [0.2, 0.25) is 10.0 Å². The first-order valence-corrected chi connectivity index (χ1v) is 7.61. The first kappa shape index (κ1) is 16.4. The van der Waals surface area contributed by atoms with E-state index >= 15 is 0 Å². The number of non-ortho nitro benzene ring substituents is 1. The number of ketones is 1. The number of anilines is 1. The van der Waals surface area contributed by atoms with Gasteiger partial charge in [-0.25, -0.2) is 0 Å². The second kappa shape index (κ2) is 5.58. The molecule has 0 saturated carbocycles. The highest BCUT2D eigenvalue weighted by atomic mass is 35.5. The number of nitro benzene ring substituents is 1. The highest BCUT2D eigenvalue weighted by molar-refractivity contribution is 6.43. The molecule has 0 bridgehead atoms. The third-order valence-corrected chi connectivity index (χ3v) is 4.84. The predicted octanol–water partition coefficient (Wildman–Crippen LogP) is 3.99. The molecule has 1 amide bonds. The van der Waals surface area contributed by atoms with Gasteiger partial charge in [-0.3, -0.25) is 19.7 Å². The van der Waals surface area contributed by atoms with Gasteiger partial charge in [-0.2, -0.15) is 0 Å². The van der Waals surface area contributed by atoms with Crippen molar-refractivity contribution in [2.45, 2.75) is 12.3 Å². The van der Waals surface area contributed by atoms with Crippen LogP contribution in [0.3, 0.4) is 0 Å². The topological polar surface area (TPSA) is 89.3 Å².